The van der Waals surface area contributed by atoms with Crippen molar-refractivity contribution in [2.24, 2.45) is 5.92 Å². The first-order valence-corrected chi connectivity index (χ1v) is 9.87. The molecular formula is C16H21N3O3S. The number of amides is 1. The lowest BCUT2D eigenvalue weighted by Gasteiger charge is -2.25. The molecule has 1 aliphatic carbocycles. The number of benzene rings is 1. The van der Waals surface area contributed by atoms with E-state index in [4.69, 9.17) is 0 Å². The lowest BCUT2D eigenvalue weighted by Crippen LogP contribution is -2.34. The molecule has 1 heterocycles. The maximum Gasteiger partial charge on any atom is 0.240 e. The summed E-state index contributed by atoms with van der Waals surface area (Å²) in [6, 6.07) is 7.38. The number of carbonyl (C=O) groups excluding carboxylic acids is 1. The average molecular weight is 335 g/mol. The summed E-state index contributed by atoms with van der Waals surface area (Å²) >= 11 is 0. The monoisotopic (exact) mass is 335 g/mol. The Hall–Kier alpha value is -1.89. The Morgan fingerprint density at radius 1 is 1.35 bits per heavy atom. The molecule has 7 heteroatoms. The summed E-state index contributed by atoms with van der Waals surface area (Å²) < 4.78 is 24.9. The van der Waals surface area contributed by atoms with Gasteiger partial charge in [-0.3, -0.25) is 4.79 Å². The van der Waals surface area contributed by atoms with Gasteiger partial charge in [-0.2, -0.15) is 0 Å². The van der Waals surface area contributed by atoms with Crippen LogP contribution in [0.1, 0.15) is 25.1 Å². The molecule has 0 radical (unpaired) electrons. The molecule has 3 rings (SSSR count). The minimum atomic E-state index is -3.22. The van der Waals surface area contributed by atoms with Crippen LogP contribution in [0.15, 0.2) is 24.3 Å². The van der Waals surface area contributed by atoms with Gasteiger partial charge in [-0.05, 0) is 30.9 Å². The molecule has 1 aliphatic rings. The molecule has 0 unspecified atom stereocenters. The number of aromatic nitrogens is 2. The molecule has 0 bridgehead atoms. The van der Waals surface area contributed by atoms with E-state index in [1.807, 2.05) is 24.3 Å². The van der Waals surface area contributed by atoms with E-state index < -0.39 is 9.84 Å². The number of para-hydroxylation sites is 2. The Labute approximate surface area is 135 Å². The van der Waals surface area contributed by atoms with E-state index >= 15 is 0 Å². The number of fused-ring (bicyclic) bond motifs is 1. The average Bonchev–Trinajstić information content (AvgIpc) is 2.73. The van der Waals surface area contributed by atoms with Crippen LogP contribution in [0, 0.1) is 5.92 Å². The van der Waals surface area contributed by atoms with Crippen molar-refractivity contribution < 1.29 is 13.2 Å². The fourth-order valence-corrected chi connectivity index (χ4v) is 3.49. The van der Waals surface area contributed by atoms with Gasteiger partial charge in [0.05, 0.1) is 11.0 Å². The predicted octanol–water partition coefficient (Wildman–Crippen LogP) is 1.50. The SMILES string of the molecule is CS(=O)(=O)Cc1nc2ccccc2n1CC(=O)NCC1CCC1. The van der Waals surface area contributed by atoms with Crippen LogP contribution in [0.2, 0.25) is 0 Å². The molecular weight excluding hydrogens is 314 g/mol. The standard InChI is InChI=1S/C16H21N3O3S/c1-23(21,22)11-15-18-13-7-2-3-8-14(13)19(15)10-16(20)17-9-12-5-4-6-12/h2-3,7-8,12H,4-6,9-11H2,1H3,(H,17,20). The maximum atomic E-state index is 12.2. The zero-order valence-corrected chi connectivity index (χ0v) is 14.0. The molecule has 1 amide bonds. The van der Waals surface area contributed by atoms with Gasteiger partial charge in [-0.25, -0.2) is 13.4 Å². The van der Waals surface area contributed by atoms with Gasteiger partial charge < -0.3 is 9.88 Å². The van der Waals surface area contributed by atoms with Gasteiger partial charge in [0.25, 0.3) is 0 Å². The fraction of sp³-hybridized carbons (Fsp3) is 0.500. The summed E-state index contributed by atoms with van der Waals surface area (Å²) in [7, 11) is -3.22. The number of nitrogens with zero attached hydrogens (tertiary/aromatic N) is 2. The summed E-state index contributed by atoms with van der Waals surface area (Å²) in [5, 5.41) is 2.94. The van der Waals surface area contributed by atoms with Crippen LogP contribution in [0.4, 0.5) is 0 Å². The third-order valence-corrected chi connectivity index (χ3v) is 5.02. The van der Waals surface area contributed by atoms with Crippen LogP contribution in [-0.4, -0.2) is 36.7 Å². The largest absolute Gasteiger partial charge is 0.354 e. The highest BCUT2D eigenvalue weighted by molar-refractivity contribution is 7.89. The van der Waals surface area contributed by atoms with Gasteiger partial charge in [0, 0.05) is 12.8 Å². The van der Waals surface area contributed by atoms with E-state index in [1.165, 1.54) is 25.5 Å². The van der Waals surface area contributed by atoms with Crippen molar-refractivity contribution in [3.05, 3.63) is 30.1 Å². The molecule has 0 aliphatic heterocycles. The van der Waals surface area contributed by atoms with E-state index in [9.17, 15) is 13.2 Å². The second-order valence-corrected chi connectivity index (χ2v) is 8.41. The van der Waals surface area contributed by atoms with Crippen LogP contribution in [0.25, 0.3) is 11.0 Å². The van der Waals surface area contributed by atoms with Crippen molar-refractivity contribution in [1.82, 2.24) is 14.9 Å². The first-order chi connectivity index (χ1) is 10.9. The van der Waals surface area contributed by atoms with Gasteiger partial charge in [0.2, 0.25) is 5.91 Å². The van der Waals surface area contributed by atoms with Crippen molar-refractivity contribution >= 4 is 26.8 Å². The summed E-state index contributed by atoms with van der Waals surface area (Å²) in [6.07, 6.45) is 4.76. The summed E-state index contributed by atoms with van der Waals surface area (Å²) in [5.74, 6) is 0.730. The molecule has 23 heavy (non-hydrogen) atoms. The highest BCUT2D eigenvalue weighted by Gasteiger charge is 2.20. The highest BCUT2D eigenvalue weighted by Crippen LogP contribution is 2.25. The van der Waals surface area contributed by atoms with E-state index in [-0.39, 0.29) is 18.2 Å². The van der Waals surface area contributed by atoms with Crippen molar-refractivity contribution in [2.75, 3.05) is 12.8 Å². The Kier molecular flexibility index (Phi) is 4.39. The summed E-state index contributed by atoms with van der Waals surface area (Å²) in [6.45, 7) is 0.797. The van der Waals surface area contributed by atoms with Crippen molar-refractivity contribution in [2.45, 2.75) is 31.6 Å². The maximum absolute atomic E-state index is 12.2. The van der Waals surface area contributed by atoms with Crippen LogP contribution in [0.5, 0.6) is 0 Å². The zero-order chi connectivity index (χ0) is 16.4. The van der Waals surface area contributed by atoms with Crippen molar-refractivity contribution in [1.29, 1.82) is 0 Å². The molecule has 2 aromatic rings. The quantitative estimate of drug-likeness (QED) is 0.867. The Balaban J connectivity index is 1.81. The van der Waals surface area contributed by atoms with Gasteiger partial charge in [0.15, 0.2) is 9.84 Å². The Morgan fingerprint density at radius 3 is 2.74 bits per heavy atom. The van der Waals surface area contributed by atoms with Crippen molar-refractivity contribution in [3.63, 3.8) is 0 Å². The van der Waals surface area contributed by atoms with E-state index in [2.05, 4.69) is 10.3 Å². The minimum absolute atomic E-state index is 0.0953. The van der Waals surface area contributed by atoms with Gasteiger partial charge in [-0.1, -0.05) is 18.6 Å². The summed E-state index contributed by atoms with van der Waals surface area (Å²) in [4.78, 5) is 16.6. The summed E-state index contributed by atoms with van der Waals surface area (Å²) in [5.41, 5.74) is 1.49. The van der Waals surface area contributed by atoms with Crippen LogP contribution < -0.4 is 5.32 Å². The second-order valence-electron chi connectivity index (χ2n) is 6.27. The third-order valence-electron chi connectivity index (χ3n) is 4.24. The molecule has 124 valence electrons. The topological polar surface area (TPSA) is 81.1 Å². The van der Waals surface area contributed by atoms with Crippen LogP contribution in [0.3, 0.4) is 0 Å². The number of carbonyl (C=O) groups is 1. The number of hydrogen-bond donors (Lipinski definition) is 1. The smallest absolute Gasteiger partial charge is 0.240 e. The number of sulfone groups is 1. The molecule has 6 nitrogen and oxygen atoms in total. The van der Waals surface area contributed by atoms with Crippen LogP contribution >= 0.6 is 0 Å². The first kappa shape index (κ1) is 16.0. The lowest BCUT2D eigenvalue weighted by atomic mass is 9.85. The zero-order valence-electron chi connectivity index (χ0n) is 13.2. The molecule has 0 spiro atoms. The fourth-order valence-electron chi connectivity index (χ4n) is 2.80. The van der Waals surface area contributed by atoms with Gasteiger partial charge >= 0.3 is 0 Å². The van der Waals surface area contributed by atoms with Crippen molar-refractivity contribution in [3.8, 4) is 0 Å². The van der Waals surface area contributed by atoms with E-state index in [0.29, 0.717) is 23.8 Å². The molecule has 1 saturated carbocycles. The molecule has 1 fully saturated rings. The molecule has 1 aromatic carbocycles. The third kappa shape index (κ3) is 3.90. The minimum Gasteiger partial charge on any atom is -0.354 e. The second kappa shape index (κ2) is 6.31. The van der Waals surface area contributed by atoms with E-state index in [1.54, 1.807) is 4.57 Å². The Bertz CT molecular complexity index is 822. The van der Waals surface area contributed by atoms with E-state index in [0.717, 1.165) is 5.52 Å². The Morgan fingerprint density at radius 2 is 2.09 bits per heavy atom. The van der Waals surface area contributed by atoms with Crippen LogP contribution in [-0.2, 0) is 26.9 Å². The molecule has 1 N–H and O–H groups in total. The molecule has 0 atom stereocenters. The normalized spacial score (nSPS) is 15.5. The lowest BCUT2D eigenvalue weighted by molar-refractivity contribution is -0.121. The predicted molar refractivity (Wildman–Crippen MR) is 88.6 cm³/mol. The van der Waals surface area contributed by atoms with Gasteiger partial charge in [-0.15, -0.1) is 0 Å². The molecule has 1 aromatic heterocycles. The van der Waals surface area contributed by atoms with Gasteiger partial charge in [0.1, 0.15) is 18.1 Å². The number of imidazole rings is 1. The number of nitrogens with one attached hydrogen (secondary N) is 1. The highest BCUT2D eigenvalue weighted by atomic mass is 32.2. The first-order valence-electron chi connectivity index (χ1n) is 7.81. The number of rotatable bonds is 6. The molecule has 0 saturated heterocycles. The number of hydrogen-bond acceptors (Lipinski definition) is 4.